The normalized spacial score (nSPS) is 17.6. The molecular formula is C19H31N5O2S. The van der Waals surface area contributed by atoms with Gasteiger partial charge < -0.3 is 19.9 Å². The largest absolute Gasteiger partial charge is 0.450 e. The molecule has 1 fully saturated rings. The van der Waals surface area contributed by atoms with Gasteiger partial charge >= 0.3 is 6.09 Å². The van der Waals surface area contributed by atoms with E-state index in [9.17, 15) is 4.79 Å². The summed E-state index contributed by atoms with van der Waals surface area (Å²) in [6.45, 7) is 6.03. The zero-order chi connectivity index (χ0) is 19.1. The lowest BCUT2D eigenvalue weighted by molar-refractivity contribution is 0.0914. The third kappa shape index (κ3) is 5.34. The first-order valence-electron chi connectivity index (χ1n) is 10.1. The number of thiazole rings is 1. The zero-order valence-corrected chi connectivity index (χ0v) is 17.3. The maximum Gasteiger partial charge on any atom is 0.409 e. The van der Waals surface area contributed by atoms with Gasteiger partial charge in [0.1, 0.15) is 0 Å². The van der Waals surface area contributed by atoms with Crippen molar-refractivity contribution in [2.45, 2.75) is 45.4 Å². The molecule has 3 rings (SSSR count). The van der Waals surface area contributed by atoms with E-state index in [4.69, 9.17) is 9.72 Å². The number of nitrogens with one attached hydrogen (secondary N) is 1. The molecule has 0 spiro atoms. The van der Waals surface area contributed by atoms with Crippen molar-refractivity contribution >= 4 is 23.4 Å². The monoisotopic (exact) mass is 393 g/mol. The molecule has 150 valence electrons. The zero-order valence-electron chi connectivity index (χ0n) is 16.5. The number of piperazine rings is 1. The van der Waals surface area contributed by atoms with Crippen LogP contribution in [0.2, 0.25) is 0 Å². The summed E-state index contributed by atoms with van der Waals surface area (Å²) in [7, 11) is 1.81. The summed E-state index contributed by atoms with van der Waals surface area (Å²) in [5.74, 6) is 0.914. The molecule has 27 heavy (non-hydrogen) atoms. The number of aryl methyl sites for hydroxylation is 3. The van der Waals surface area contributed by atoms with Gasteiger partial charge in [-0.3, -0.25) is 4.99 Å². The van der Waals surface area contributed by atoms with E-state index in [0.717, 1.165) is 44.9 Å². The predicted molar refractivity (Wildman–Crippen MR) is 109 cm³/mol. The molecule has 1 aromatic rings. The minimum absolute atomic E-state index is 0.216. The van der Waals surface area contributed by atoms with Crippen molar-refractivity contribution in [2.24, 2.45) is 4.99 Å². The van der Waals surface area contributed by atoms with E-state index in [1.807, 2.05) is 25.3 Å². The van der Waals surface area contributed by atoms with Crippen LogP contribution in [0.25, 0.3) is 0 Å². The van der Waals surface area contributed by atoms with E-state index >= 15 is 0 Å². The highest BCUT2D eigenvalue weighted by Gasteiger charge is 2.23. The summed E-state index contributed by atoms with van der Waals surface area (Å²) in [4.78, 5) is 26.5. The first kappa shape index (κ1) is 19.9. The Hall–Kier alpha value is -1.83. The van der Waals surface area contributed by atoms with E-state index in [0.29, 0.717) is 19.7 Å². The smallest absolute Gasteiger partial charge is 0.409 e. The number of guanidine groups is 1. The van der Waals surface area contributed by atoms with E-state index in [1.54, 1.807) is 4.90 Å². The molecule has 2 heterocycles. The van der Waals surface area contributed by atoms with Gasteiger partial charge in [0, 0.05) is 51.1 Å². The van der Waals surface area contributed by atoms with Crippen molar-refractivity contribution in [3.8, 4) is 0 Å². The Morgan fingerprint density at radius 1 is 1.22 bits per heavy atom. The third-order valence-corrected chi connectivity index (χ3v) is 6.27. The van der Waals surface area contributed by atoms with Crippen molar-refractivity contribution in [3.05, 3.63) is 15.6 Å². The minimum atomic E-state index is -0.216. The highest BCUT2D eigenvalue weighted by atomic mass is 32.1. The first-order chi connectivity index (χ1) is 13.2. The molecular weight excluding hydrogens is 362 g/mol. The lowest BCUT2D eigenvalue weighted by Gasteiger charge is -2.35. The standard InChI is InChI=1S/C19H31N5O2S/c1-3-26-19(25)24-13-11-23(12-14-24)18(20-2)21-10-6-9-17-22-15-7-4-5-8-16(15)27-17/h3-14H2,1-2H3,(H,20,21). The van der Waals surface area contributed by atoms with Crippen LogP contribution in [0.15, 0.2) is 4.99 Å². The summed E-state index contributed by atoms with van der Waals surface area (Å²) >= 11 is 1.91. The number of carbonyl (C=O) groups excluding carboxylic acids is 1. The van der Waals surface area contributed by atoms with E-state index < -0.39 is 0 Å². The van der Waals surface area contributed by atoms with Crippen LogP contribution in [0.5, 0.6) is 0 Å². The van der Waals surface area contributed by atoms with Gasteiger partial charge in [-0.15, -0.1) is 11.3 Å². The Balaban J connectivity index is 1.38. The van der Waals surface area contributed by atoms with Gasteiger partial charge in [0.15, 0.2) is 5.96 Å². The Labute approximate surface area is 165 Å². The SMILES string of the molecule is CCOC(=O)N1CCN(C(=NC)NCCCc2nc3c(s2)CCCC3)CC1. The molecule has 0 radical (unpaired) electrons. The van der Waals surface area contributed by atoms with Gasteiger partial charge in [-0.2, -0.15) is 0 Å². The molecule has 2 aliphatic rings. The van der Waals surface area contributed by atoms with Gasteiger partial charge in [-0.05, 0) is 39.0 Å². The second-order valence-electron chi connectivity index (χ2n) is 6.94. The number of carbonyl (C=O) groups is 1. The summed E-state index contributed by atoms with van der Waals surface area (Å²) in [6.07, 6.45) is 6.84. The Bertz CT molecular complexity index is 629. The van der Waals surface area contributed by atoms with Gasteiger partial charge in [0.05, 0.1) is 17.3 Å². The van der Waals surface area contributed by atoms with E-state index in [-0.39, 0.29) is 6.09 Å². The van der Waals surface area contributed by atoms with Crippen LogP contribution in [0.1, 0.15) is 41.8 Å². The van der Waals surface area contributed by atoms with Crippen LogP contribution in [-0.2, 0) is 24.0 Å². The number of aliphatic imine (C=N–C) groups is 1. The summed E-state index contributed by atoms with van der Waals surface area (Å²) in [5, 5.41) is 4.74. The summed E-state index contributed by atoms with van der Waals surface area (Å²) in [5.41, 5.74) is 1.35. The second-order valence-corrected chi connectivity index (χ2v) is 8.10. The topological polar surface area (TPSA) is 70.1 Å². The van der Waals surface area contributed by atoms with Crippen LogP contribution in [-0.4, -0.2) is 73.2 Å². The average Bonchev–Trinajstić information content (AvgIpc) is 3.11. The number of hydrogen-bond acceptors (Lipinski definition) is 5. The second kappa shape index (κ2) is 9.92. The highest BCUT2D eigenvalue weighted by molar-refractivity contribution is 7.11. The molecule has 0 bridgehead atoms. The summed E-state index contributed by atoms with van der Waals surface area (Å²) in [6, 6.07) is 0. The number of rotatable bonds is 5. The number of fused-ring (bicyclic) bond motifs is 1. The van der Waals surface area contributed by atoms with E-state index in [1.165, 1.54) is 34.8 Å². The molecule has 7 nitrogen and oxygen atoms in total. The van der Waals surface area contributed by atoms with Gasteiger partial charge in [-0.25, -0.2) is 9.78 Å². The van der Waals surface area contributed by atoms with Gasteiger partial charge in [-0.1, -0.05) is 0 Å². The van der Waals surface area contributed by atoms with Gasteiger partial charge in [0.25, 0.3) is 0 Å². The first-order valence-corrected chi connectivity index (χ1v) is 10.9. The molecule has 0 saturated carbocycles. The van der Waals surface area contributed by atoms with Crippen molar-refractivity contribution in [1.29, 1.82) is 0 Å². The van der Waals surface area contributed by atoms with Gasteiger partial charge in [0.2, 0.25) is 0 Å². The maximum absolute atomic E-state index is 11.8. The molecule has 1 aromatic heterocycles. The van der Waals surface area contributed by atoms with Crippen LogP contribution in [0, 0.1) is 0 Å². The Kier molecular flexibility index (Phi) is 7.32. The number of ether oxygens (including phenoxy) is 1. The van der Waals surface area contributed by atoms with Crippen molar-refractivity contribution < 1.29 is 9.53 Å². The Morgan fingerprint density at radius 2 is 1.96 bits per heavy atom. The number of amides is 1. The lowest BCUT2D eigenvalue weighted by atomic mass is 10.0. The molecule has 8 heteroatoms. The fourth-order valence-electron chi connectivity index (χ4n) is 3.60. The molecule has 1 amide bonds. The van der Waals surface area contributed by atoms with Crippen molar-refractivity contribution in [2.75, 3.05) is 46.4 Å². The van der Waals surface area contributed by atoms with Crippen molar-refractivity contribution in [3.63, 3.8) is 0 Å². The van der Waals surface area contributed by atoms with Crippen LogP contribution < -0.4 is 5.32 Å². The maximum atomic E-state index is 11.8. The van der Waals surface area contributed by atoms with Crippen molar-refractivity contribution in [1.82, 2.24) is 20.1 Å². The summed E-state index contributed by atoms with van der Waals surface area (Å²) < 4.78 is 5.07. The van der Waals surface area contributed by atoms with Crippen LogP contribution >= 0.6 is 11.3 Å². The average molecular weight is 394 g/mol. The molecule has 1 aliphatic carbocycles. The number of nitrogens with zero attached hydrogens (tertiary/aromatic N) is 4. The molecule has 0 aromatic carbocycles. The lowest BCUT2D eigenvalue weighted by Crippen LogP contribution is -2.54. The molecule has 0 unspecified atom stereocenters. The van der Waals surface area contributed by atoms with Crippen LogP contribution in [0.4, 0.5) is 4.79 Å². The number of aromatic nitrogens is 1. The third-order valence-electron chi connectivity index (χ3n) is 5.06. The molecule has 1 aliphatic heterocycles. The quantitative estimate of drug-likeness (QED) is 0.472. The molecule has 1 N–H and O–H groups in total. The van der Waals surface area contributed by atoms with Crippen LogP contribution in [0.3, 0.4) is 0 Å². The highest BCUT2D eigenvalue weighted by Crippen LogP contribution is 2.27. The van der Waals surface area contributed by atoms with E-state index in [2.05, 4.69) is 15.2 Å². The predicted octanol–water partition coefficient (Wildman–Crippen LogP) is 2.30. The molecule has 0 atom stereocenters. The molecule has 1 saturated heterocycles. The number of hydrogen-bond donors (Lipinski definition) is 1. The fourth-order valence-corrected chi connectivity index (χ4v) is 4.80. The fraction of sp³-hybridized carbons (Fsp3) is 0.737. The Morgan fingerprint density at radius 3 is 2.67 bits per heavy atom. The minimum Gasteiger partial charge on any atom is -0.450 e.